The van der Waals surface area contributed by atoms with Gasteiger partial charge < -0.3 is 10.6 Å². The third-order valence-electron chi connectivity index (χ3n) is 3.66. The van der Waals surface area contributed by atoms with Crippen molar-refractivity contribution >= 4 is 5.91 Å². The number of carbonyl (C=O) groups excluding carboxylic acids is 1. The van der Waals surface area contributed by atoms with E-state index in [1.54, 1.807) is 0 Å². The van der Waals surface area contributed by atoms with E-state index < -0.39 is 0 Å². The van der Waals surface area contributed by atoms with Gasteiger partial charge in [0, 0.05) is 32.2 Å². The lowest BCUT2D eigenvalue weighted by molar-refractivity contribution is -0.130. The van der Waals surface area contributed by atoms with Crippen molar-refractivity contribution in [2.24, 2.45) is 5.73 Å². The Balaban J connectivity index is 1.94. The zero-order chi connectivity index (χ0) is 10.8. The van der Waals surface area contributed by atoms with Gasteiger partial charge in [-0.25, -0.2) is 0 Å². The molecule has 1 amide bonds. The van der Waals surface area contributed by atoms with Crippen molar-refractivity contribution in [3.8, 4) is 0 Å². The van der Waals surface area contributed by atoms with Gasteiger partial charge >= 0.3 is 0 Å². The first-order valence-corrected chi connectivity index (χ1v) is 5.90. The number of carbonyl (C=O) groups is 1. The van der Waals surface area contributed by atoms with E-state index in [9.17, 15) is 4.79 Å². The van der Waals surface area contributed by atoms with Crippen LogP contribution in [0.25, 0.3) is 0 Å². The van der Waals surface area contributed by atoms with E-state index in [-0.39, 0.29) is 5.91 Å². The summed E-state index contributed by atoms with van der Waals surface area (Å²) in [5.41, 5.74) is 5.91. The summed E-state index contributed by atoms with van der Waals surface area (Å²) in [5.74, 6) is 0.257. The highest BCUT2D eigenvalue weighted by Gasteiger charge is 2.30. The molecule has 0 aromatic heterocycles. The lowest BCUT2D eigenvalue weighted by atomic mass is 10.2. The number of amides is 1. The van der Waals surface area contributed by atoms with Crippen LogP contribution >= 0.6 is 0 Å². The summed E-state index contributed by atoms with van der Waals surface area (Å²) in [7, 11) is 1.90. The molecule has 86 valence electrons. The molecule has 15 heavy (non-hydrogen) atoms. The fraction of sp³-hybridized carbons (Fsp3) is 0.909. The average Bonchev–Trinajstić information content (AvgIpc) is 2.55. The van der Waals surface area contributed by atoms with Crippen molar-refractivity contribution in [2.45, 2.75) is 37.8 Å². The Hall–Kier alpha value is -0.610. The summed E-state index contributed by atoms with van der Waals surface area (Å²) in [5, 5.41) is 0. The van der Waals surface area contributed by atoms with Crippen LogP contribution < -0.4 is 5.73 Å². The van der Waals surface area contributed by atoms with Gasteiger partial charge in [-0.05, 0) is 25.7 Å². The minimum atomic E-state index is 0.257. The van der Waals surface area contributed by atoms with Crippen LogP contribution in [-0.2, 0) is 4.79 Å². The van der Waals surface area contributed by atoms with E-state index in [4.69, 9.17) is 5.73 Å². The van der Waals surface area contributed by atoms with Crippen LogP contribution in [0.4, 0.5) is 0 Å². The molecule has 1 aliphatic carbocycles. The summed E-state index contributed by atoms with van der Waals surface area (Å²) in [6.07, 6.45) is 4.44. The molecule has 0 aromatic rings. The molecule has 2 fully saturated rings. The minimum absolute atomic E-state index is 0.257. The number of hydrogen-bond donors (Lipinski definition) is 1. The van der Waals surface area contributed by atoms with Crippen LogP contribution in [0.3, 0.4) is 0 Å². The van der Waals surface area contributed by atoms with Gasteiger partial charge in [0.15, 0.2) is 0 Å². The lowest BCUT2D eigenvalue weighted by Crippen LogP contribution is -2.40. The lowest BCUT2D eigenvalue weighted by Gasteiger charge is -2.26. The molecule has 4 nitrogen and oxygen atoms in total. The quantitative estimate of drug-likeness (QED) is 0.666. The van der Waals surface area contributed by atoms with Crippen molar-refractivity contribution in [3.05, 3.63) is 0 Å². The van der Waals surface area contributed by atoms with Gasteiger partial charge in [0.2, 0.25) is 5.91 Å². The van der Waals surface area contributed by atoms with E-state index >= 15 is 0 Å². The van der Waals surface area contributed by atoms with E-state index in [2.05, 4.69) is 4.90 Å². The van der Waals surface area contributed by atoms with Crippen molar-refractivity contribution in [3.63, 3.8) is 0 Å². The highest BCUT2D eigenvalue weighted by molar-refractivity contribution is 5.78. The van der Waals surface area contributed by atoms with Crippen molar-refractivity contribution < 1.29 is 4.79 Å². The smallest absolute Gasteiger partial charge is 0.236 e. The molecule has 0 aromatic carbocycles. The molecule has 0 radical (unpaired) electrons. The standard InChI is InChI=1S/C11H21N3O/c1-13-5-2-6-14(8-11(13)15)10-4-3-9(12)7-10/h9-10H,2-8,12H2,1H3. The molecule has 2 atom stereocenters. The molecular weight excluding hydrogens is 190 g/mol. The molecule has 2 rings (SSSR count). The van der Waals surface area contributed by atoms with E-state index in [1.165, 1.54) is 0 Å². The molecule has 2 N–H and O–H groups in total. The van der Waals surface area contributed by atoms with Gasteiger partial charge in [0.1, 0.15) is 0 Å². The van der Waals surface area contributed by atoms with E-state index in [0.29, 0.717) is 18.6 Å². The SMILES string of the molecule is CN1CCCN(C2CCC(N)C2)CC1=O. The van der Waals surface area contributed by atoms with E-state index in [0.717, 1.165) is 38.8 Å². The summed E-state index contributed by atoms with van der Waals surface area (Å²) in [6.45, 7) is 2.54. The fourth-order valence-corrected chi connectivity index (χ4v) is 2.64. The Kier molecular flexibility index (Phi) is 3.26. The number of likely N-dealkylation sites (N-methyl/N-ethyl adjacent to an activating group) is 1. The van der Waals surface area contributed by atoms with Gasteiger partial charge in [0.05, 0.1) is 6.54 Å². The second kappa shape index (κ2) is 4.49. The third-order valence-corrected chi connectivity index (χ3v) is 3.66. The Labute approximate surface area is 91.4 Å². The maximum atomic E-state index is 11.7. The number of hydrogen-bond acceptors (Lipinski definition) is 3. The van der Waals surface area contributed by atoms with Crippen LogP contribution in [0.1, 0.15) is 25.7 Å². The zero-order valence-electron chi connectivity index (χ0n) is 9.48. The van der Waals surface area contributed by atoms with Crippen LogP contribution in [0.15, 0.2) is 0 Å². The minimum Gasteiger partial charge on any atom is -0.345 e. The molecule has 2 unspecified atom stereocenters. The second-order valence-corrected chi connectivity index (χ2v) is 4.87. The van der Waals surface area contributed by atoms with Gasteiger partial charge in [-0.1, -0.05) is 0 Å². The maximum absolute atomic E-state index is 11.7. The molecule has 4 heteroatoms. The Morgan fingerprint density at radius 1 is 1.33 bits per heavy atom. The molecule has 0 bridgehead atoms. The summed E-state index contributed by atoms with van der Waals surface area (Å²) in [4.78, 5) is 15.9. The maximum Gasteiger partial charge on any atom is 0.236 e. The van der Waals surface area contributed by atoms with Crippen molar-refractivity contribution in [1.29, 1.82) is 0 Å². The largest absolute Gasteiger partial charge is 0.345 e. The highest BCUT2D eigenvalue weighted by atomic mass is 16.2. The molecule has 1 saturated heterocycles. The predicted molar refractivity (Wildman–Crippen MR) is 59.4 cm³/mol. The zero-order valence-corrected chi connectivity index (χ0v) is 9.48. The van der Waals surface area contributed by atoms with Gasteiger partial charge in [-0.3, -0.25) is 9.69 Å². The first-order chi connectivity index (χ1) is 7.16. The first kappa shape index (κ1) is 10.9. The van der Waals surface area contributed by atoms with Gasteiger partial charge in [-0.15, -0.1) is 0 Å². The van der Waals surface area contributed by atoms with Crippen molar-refractivity contribution in [2.75, 3.05) is 26.7 Å². The monoisotopic (exact) mass is 211 g/mol. The summed E-state index contributed by atoms with van der Waals surface area (Å²) < 4.78 is 0. The van der Waals surface area contributed by atoms with Gasteiger partial charge in [-0.2, -0.15) is 0 Å². The Bertz CT molecular complexity index is 244. The first-order valence-electron chi connectivity index (χ1n) is 5.90. The average molecular weight is 211 g/mol. The fourth-order valence-electron chi connectivity index (χ4n) is 2.64. The third kappa shape index (κ3) is 2.49. The number of nitrogens with zero attached hydrogens (tertiary/aromatic N) is 2. The summed E-state index contributed by atoms with van der Waals surface area (Å²) >= 11 is 0. The topological polar surface area (TPSA) is 49.6 Å². The normalized spacial score (nSPS) is 34.5. The van der Waals surface area contributed by atoms with Crippen LogP contribution in [0.2, 0.25) is 0 Å². The number of nitrogens with two attached hydrogens (primary N) is 1. The Morgan fingerprint density at radius 2 is 2.13 bits per heavy atom. The summed E-state index contributed by atoms with van der Waals surface area (Å²) in [6, 6.07) is 0.904. The van der Waals surface area contributed by atoms with Crippen LogP contribution in [-0.4, -0.2) is 54.5 Å². The van der Waals surface area contributed by atoms with Crippen LogP contribution in [0, 0.1) is 0 Å². The molecule has 1 saturated carbocycles. The molecule has 1 aliphatic heterocycles. The van der Waals surface area contributed by atoms with Crippen LogP contribution in [0.5, 0.6) is 0 Å². The molecule has 0 spiro atoms. The van der Waals surface area contributed by atoms with Gasteiger partial charge in [0.25, 0.3) is 0 Å². The highest BCUT2D eigenvalue weighted by Crippen LogP contribution is 2.23. The molecule has 2 aliphatic rings. The predicted octanol–water partition coefficient (Wildman–Crippen LogP) is 0.0303. The molecular formula is C11H21N3O. The molecule has 1 heterocycles. The second-order valence-electron chi connectivity index (χ2n) is 4.87. The van der Waals surface area contributed by atoms with Crippen molar-refractivity contribution in [1.82, 2.24) is 9.80 Å². The van der Waals surface area contributed by atoms with E-state index in [1.807, 2.05) is 11.9 Å². The number of rotatable bonds is 1. The Morgan fingerprint density at radius 3 is 2.80 bits per heavy atom.